The van der Waals surface area contributed by atoms with Crippen LogP contribution in [0.4, 0.5) is 0 Å². The summed E-state index contributed by atoms with van der Waals surface area (Å²) in [5.74, 6) is -0.964. The maximum absolute atomic E-state index is 12.5. The second-order valence-electron chi connectivity index (χ2n) is 11.9. The molecule has 0 spiro atoms. The van der Waals surface area contributed by atoms with Crippen LogP contribution in [-0.2, 0) is 28.6 Å². The van der Waals surface area contributed by atoms with Gasteiger partial charge in [-0.25, -0.2) is 0 Å². The van der Waals surface area contributed by atoms with Crippen molar-refractivity contribution in [2.75, 3.05) is 20.3 Å². The van der Waals surface area contributed by atoms with Gasteiger partial charge in [-0.1, -0.05) is 96.4 Å². The molecule has 0 aromatic carbocycles. The number of hydrogen-bond acceptors (Lipinski definition) is 7. The minimum atomic E-state index is -0.786. The summed E-state index contributed by atoms with van der Waals surface area (Å²) < 4.78 is 16.5. The van der Waals surface area contributed by atoms with Gasteiger partial charge in [0.05, 0.1) is 0 Å². The van der Waals surface area contributed by atoms with E-state index < -0.39 is 6.10 Å². The Morgan fingerprint density at radius 3 is 1.48 bits per heavy atom. The minimum absolute atomic E-state index is 0.0942. The second-order valence-corrected chi connectivity index (χ2v) is 11.9. The van der Waals surface area contributed by atoms with Crippen molar-refractivity contribution in [2.45, 2.75) is 174 Å². The summed E-state index contributed by atoms with van der Waals surface area (Å²) in [5, 5.41) is 3.38. The second kappa shape index (κ2) is 32.2. The Kier molecular flexibility index (Phi) is 30.7. The third-order valence-corrected chi connectivity index (χ3v) is 7.65. The Labute approximate surface area is 270 Å². The van der Waals surface area contributed by atoms with Gasteiger partial charge in [-0.05, 0) is 77.7 Å². The van der Waals surface area contributed by atoms with Gasteiger partial charge in [0, 0.05) is 25.3 Å². The van der Waals surface area contributed by atoms with Gasteiger partial charge in [0.1, 0.15) is 13.2 Å². The van der Waals surface area contributed by atoms with Crippen LogP contribution in [0, 0.1) is 0 Å². The van der Waals surface area contributed by atoms with E-state index in [0.717, 1.165) is 103 Å². The SMILES string of the molecule is CCC/C=C\CCCCCC(=O)OCC(COC(=O)CCCCCC(CCCC)NC)OC(=O)CCCCC/C=C\CCC. The summed E-state index contributed by atoms with van der Waals surface area (Å²) in [4.78, 5) is 37.2. The molecule has 0 aromatic rings. The first-order valence-corrected chi connectivity index (χ1v) is 17.9. The van der Waals surface area contributed by atoms with E-state index in [1.54, 1.807) is 0 Å². The van der Waals surface area contributed by atoms with Gasteiger partial charge in [-0.3, -0.25) is 14.4 Å². The maximum Gasteiger partial charge on any atom is 0.306 e. The van der Waals surface area contributed by atoms with Crippen LogP contribution in [0.1, 0.15) is 162 Å². The van der Waals surface area contributed by atoms with Crippen LogP contribution in [0.5, 0.6) is 0 Å². The molecular weight excluding hydrogens is 554 g/mol. The summed E-state index contributed by atoms with van der Waals surface area (Å²) in [6.45, 7) is 6.35. The molecule has 0 aliphatic rings. The summed E-state index contributed by atoms with van der Waals surface area (Å²) in [6.07, 6.45) is 28.6. The highest BCUT2D eigenvalue weighted by atomic mass is 16.6. The first-order chi connectivity index (χ1) is 21.5. The van der Waals surface area contributed by atoms with E-state index in [1.807, 2.05) is 7.05 Å². The number of nitrogens with one attached hydrogen (secondary N) is 1. The molecule has 0 rings (SSSR count). The standard InChI is InChI=1S/C37H67NO6/c1-5-8-11-13-15-17-19-23-28-35(39)42-31-34(44-37(41)30-24-20-18-16-14-12-9-6-2)32-43-36(40)29-25-21-22-27-33(38-4)26-10-7-3/h11-14,33-34,38H,5-10,15-32H2,1-4H3/b13-11-,14-12-. The quantitative estimate of drug-likeness (QED) is 0.0357. The van der Waals surface area contributed by atoms with Crippen molar-refractivity contribution in [3.63, 3.8) is 0 Å². The fraction of sp³-hybridized carbons (Fsp3) is 0.811. The number of carbonyl (C=O) groups is 3. The highest BCUT2D eigenvalue weighted by Gasteiger charge is 2.19. The molecule has 7 heteroatoms. The van der Waals surface area contributed by atoms with E-state index in [0.29, 0.717) is 25.3 Å². The zero-order valence-corrected chi connectivity index (χ0v) is 28.9. The monoisotopic (exact) mass is 621 g/mol. The molecule has 0 heterocycles. The third-order valence-electron chi connectivity index (χ3n) is 7.65. The Hall–Kier alpha value is -2.15. The largest absolute Gasteiger partial charge is 0.462 e. The van der Waals surface area contributed by atoms with Crippen LogP contribution in [0.3, 0.4) is 0 Å². The molecule has 0 fully saturated rings. The van der Waals surface area contributed by atoms with Gasteiger partial charge in [0.25, 0.3) is 0 Å². The van der Waals surface area contributed by atoms with Gasteiger partial charge in [-0.2, -0.15) is 0 Å². The van der Waals surface area contributed by atoms with Crippen molar-refractivity contribution in [3.8, 4) is 0 Å². The number of hydrogen-bond donors (Lipinski definition) is 1. The van der Waals surface area contributed by atoms with E-state index in [2.05, 4.69) is 50.4 Å². The smallest absolute Gasteiger partial charge is 0.306 e. The molecule has 0 saturated carbocycles. The van der Waals surface area contributed by atoms with E-state index in [1.165, 1.54) is 19.3 Å². The normalized spacial score (nSPS) is 12.9. The van der Waals surface area contributed by atoms with Gasteiger partial charge in [0.15, 0.2) is 6.10 Å². The number of esters is 3. The van der Waals surface area contributed by atoms with Crippen LogP contribution in [0.15, 0.2) is 24.3 Å². The number of allylic oxidation sites excluding steroid dienone is 4. The van der Waals surface area contributed by atoms with Crippen molar-refractivity contribution >= 4 is 17.9 Å². The minimum Gasteiger partial charge on any atom is -0.462 e. The first-order valence-electron chi connectivity index (χ1n) is 17.9. The lowest BCUT2D eigenvalue weighted by molar-refractivity contribution is -0.167. The first kappa shape index (κ1) is 41.9. The van der Waals surface area contributed by atoms with Crippen LogP contribution in [0.25, 0.3) is 0 Å². The highest BCUT2D eigenvalue weighted by molar-refractivity contribution is 5.71. The predicted molar refractivity (Wildman–Crippen MR) is 182 cm³/mol. The molecule has 7 nitrogen and oxygen atoms in total. The van der Waals surface area contributed by atoms with Gasteiger partial charge < -0.3 is 19.5 Å². The average molecular weight is 622 g/mol. The van der Waals surface area contributed by atoms with E-state index in [9.17, 15) is 14.4 Å². The molecule has 0 bridgehead atoms. The maximum atomic E-state index is 12.5. The molecule has 2 unspecified atom stereocenters. The molecule has 2 atom stereocenters. The van der Waals surface area contributed by atoms with Crippen LogP contribution >= 0.6 is 0 Å². The fourth-order valence-electron chi connectivity index (χ4n) is 4.82. The molecule has 0 aliphatic carbocycles. The van der Waals surface area contributed by atoms with E-state index in [-0.39, 0.29) is 31.1 Å². The molecule has 0 aromatic heterocycles. The van der Waals surface area contributed by atoms with Crippen LogP contribution in [0.2, 0.25) is 0 Å². The lowest BCUT2D eigenvalue weighted by Gasteiger charge is -2.18. The molecule has 0 aliphatic heterocycles. The van der Waals surface area contributed by atoms with Crippen molar-refractivity contribution < 1.29 is 28.6 Å². The van der Waals surface area contributed by atoms with Gasteiger partial charge >= 0.3 is 17.9 Å². The number of unbranched alkanes of at least 4 members (excludes halogenated alkanes) is 11. The number of ether oxygens (including phenoxy) is 3. The zero-order chi connectivity index (χ0) is 32.5. The molecule has 0 radical (unpaired) electrons. The van der Waals surface area contributed by atoms with Crippen LogP contribution in [-0.4, -0.2) is 50.3 Å². The molecule has 1 N–H and O–H groups in total. The Morgan fingerprint density at radius 2 is 1.00 bits per heavy atom. The number of rotatable bonds is 31. The summed E-state index contributed by atoms with van der Waals surface area (Å²) in [7, 11) is 2.01. The molecule has 0 saturated heterocycles. The van der Waals surface area contributed by atoms with E-state index in [4.69, 9.17) is 14.2 Å². The lowest BCUT2D eigenvalue weighted by Crippen LogP contribution is -2.30. The Balaban J connectivity index is 4.51. The average Bonchev–Trinajstić information content (AvgIpc) is 3.02. The summed E-state index contributed by atoms with van der Waals surface area (Å²) in [5.41, 5.74) is 0. The number of carbonyl (C=O) groups excluding carboxylic acids is 3. The highest BCUT2D eigenvalue weighted by Crippen LogP contribution is 2.12. The topological polar surface area (TPSA) is 90.9 Å². The molecule has 256 valence electrons. The summed E-state index contributed by atoms with van der Waals surface area (Å²) >= 11 is 0. The zero-order valence-electron chi connectivity index (χ0n) is 28.9. The fourth-order valence-corrected chi connectivity index (χ4v) is 4.82. The van der Waals surface area contributed by atoms with Crippen molar-refractivity contribution in [3.05, 3.63) is 24.3 Å². The van der Waals surface area contributed by atoms with Gasteiger partial charge in [0.2, 0.25) is 0 Å². The predicted octanol–water partition coefficient (Wildman–Crippen LogP) is 9.33. The third kappa shape index (κ3) is 28.6. The van der Waals surface area contributed by atoms with Crippen LogP contribution < -0.4 is 5.32 Å². The van der Waals surface area contributed by atoms with Crippen molar-refractivity contribution in [1.82, 2.24) is 5.32 Å². The molecule has 0 amide bonds. The molecule has 44 heavy (non-hydrogen) atoms. The molecular formula is C37H67NO6. The van der Waals surface area contributed by atoms with Crippen molar-refractivity contribution in [1.29, 1.82) is 0 Å². The lowest BCUT2D eigenvalue weighted by atomic mass is 10.0. The van der Waals surface area contributed by atoms with E-state index >= 15 is 0 Å². The Morgan fingerprint density at radius 1 is 0.545 bits per heavy atom. The summed E-state index contributed by atoms with van der Waals surface area (Å²) in [6, 6.07) is 0.537. The van der Waals surface area contributed by atoms with Crippen molar-refractivity contribution in [2.24, 2.45) is 0 Å². The van der Waals surface area contributed by atoms with Gasteiger partial charge in [-0.15, -0.1) is 0 Å². The Bertz CT molecular complexity index is 750.